The lowest BCUT2D eigenvalue weighted by molar-refractivity contribution is 0.0515. The number of esters is 1. The van der Waals surface area contributed by atoms with Gasteiger partial charge in [0.2, 0.25) is 11.1 Å². The van der Waals surface area contributed by atoms with Crippen LogP contribution in [0.1, 0.15) is 17.4 Å². The Morgan fingerprint density at radius 1 is 1.37 bits per heavy atom. The zero-order chi connectivity index (χ0) is 13.8. The summed E-state index contributed by atoms with van der Waals surface area (Å²) in [7, 11) is 0. The Kier molecular flexibility index (Phi) is 4.31. The quantitative estimate of drug-likeness (QED) is 0.613. The van der Waals surface area contributed by atoms with Crippen LogP contribution in [0.4, 0.5) is 0 Å². The Morgan fingerprint density at radius 2 is 2.11 bits per heavy atom. The van der Waals surface area contributed by atoms with Gasteiger partial charge in [-0.25, -0.2) is 9.48 Å². The fourth-order valence-corrected chi connectivity index (χ4v) is 2.15. The summed E-state index contributed by atoms with van der Waals surface area (Å²) in [5, 5.41) is 4.05. The summed E-state index contributed by atoms with van der Waals surface area (Å²) in [6.07, 6.45) is 1.53. The van der Waals surface area contributed by atoms with Crippen molar-refractivity contribution in [3.05, 3.63) is 56.0 Å². The number of rotatable bonds is 3. The molecular weight excluding hydrogens is 359 g/mol. The average molecular weight is 370 g/mol. The molecule has 0 atom stereocenters. The molecule has 0 aliphatic rings. The Hall–Kier alpha value is -1.70. The zero-order valence-electron chi connectivity index (χ0n) is 10.2. The fraction of sp³-hybridized carbons (Fsp3) is 0.154. The predicted molar refractivity (Wildman–Crippen MR) is 78.5 cm³/mol. The lowest BCUT2D eigenvalue weighted by atomic mass is 10.3. The molecule has 0 spiro atoms. The van der Waals surface area contributed by atoms with Crippen molar-refractivity contribution < 1.29 is 9.53 Å². The molecule has 1 heterocycles. The summed E-state index contributed by atoms with van der Waals surface area (Å²) in [5.41, 5.74) is 0.151. The number of carbonyl (C=O) groups excluding carboxylic acids is 1. The third-order valence-corrected chi connectivity index (χ3v) is 3.29. The van der Waals surface area contributed by atoms with Crippen molar-refractivity contribution in [3.8, 4) is 5.69 Å². The highest BCUT2D eigenvalue weighted by molar-refractivity contribution is 14.1. The fourth-order valence-electron chi connectivity index (χ4n) is 1.52. The molecule has 0 saturated carbocycles. The zero-order valence-corrected chi connectivity index (χ0v) is 12.3. The van der Waals surface area contributed by atoms with E-state index in [1.54, 1.807) is 6.92 Å². The van der Waals surface area contributed by atoms with Crippen LogP contribution in [0.5, 0.6) is 0 Å². The van der Waals surface area contributed by atoms with Gasteiger partial charge in [-0.2, -0.15) is 5.10 Å². The number of benzene rings is 1. The molecule has 0 unspecified atom stereocenters. The molecule has 0 saturated heterocycles. The molecule has 98 valence electrons. The van der Waals surface area contributed by atoms with Crippen LogP contribution in [0.15, 0.2) is 41.3 Å². The molecule has 0 fully saturated rings. The third kappa shape index (κ3) is 3.01. The normalized spacial score (nSPS) is 10.2. The van der Waals surface area contributed by atoms with Gasteiger partial charge in [0, 0.05) is 15.8 Å². The van der Waals surface area contributed by atoms with Crippen LogP contribution in [-0.2, 0) is 4.74 Å². The lowest BCUT2D eigenvalue weighted by Crippen LogP contribution is -2.22. The van der Waals surface area contributed by atoms with Gasteiger partial charge in [-0.05, 0) is 41.6 Å². The van der Waals surface area contributed by atoms with E-state index < -0.39 is 11.4 Å². The van der Waals surface area contributed by atoms with Crippen LogP contribution in [0, 0.1) is 3.57 Å². The molecule has 1 aromatic heterocycles. The molecule has 0 radical (unpaired) electrons. The molecule has 0 aliphatic carbocycles. The lowest BCUT2D eigenvalue weighted by Gasteiger charge is -2.08. The summed E-state index contributed by atoms with van der Waals surface area (Å²) >= 11 is 2.16. The van der Waals surface area contributed by atoms with E-state index in [4.69, 9.17) is 4.74 Å². The maximum Gasteiger partial charge on any atom is 0.362 e. The van der Waals surface area contributed by atoms with E-state index in [1.807, 2.05) is 24.3 Å². The molecule has 6 heteroatoms. The minimum atomic E-state index is -0.701. The minimum Gasteiger partial charge on any atom is -0.461 e. The molecule has 2 aromatic rings. The van der Waals surface area contributed by atoms with Crippen molar-refractivity contribution in [2.45, 2.75) is 6.92 Å². The van der Waals surface area contributed by atoms with Crippen molar-refractivity contribution in [2.24, 2.45) is 0 Å². The number of carbonyl (C=O) groups is 1. The van der Waals surface area contributed by atoms with Gasteiger partial charge in [0.25, 0.3) is 0 Å². The van der Waals surface area contributed by atoms with Crippen LogP contribution in [0.2, 0.25) is 0 Å². The second-order valence-corrected chi connectivity index (χ2v) is 4.81. The molecule has 2 rings (SSSR count). The Labute approximate surface area is 123 Å². The van der Waals surface area contributed by atoms with Crippen LogP contribution in [-0.4, -0.2) is 22.4 Å². The summed E-state index contributed by atoms with van der Waals surface area (Å²) in [4.78, 5) is 23.3. The van der Waals surface area contributed by atoms with Crippen LogP contribution in [0.3, 0.4) is 0 Å². The van der Waals surface area contributed by atoms with Gasteiger partial charge < -0.3 is 4.74 Å². The SMILES string of the molecule is CCOC(=O)c1nn(-c2ccccc2I)ccc1=O. The predicted octanol–water partition coefficient (Wildman–Crippen LogP) is 2.01. The van der Waals surface area contributed by atoms with E-state index in [9.17, 15) is 9.59 Å². The first kappa shape index (κ1) is 13.7. The summed E-state index contributed by atoms with van der Waals surface area (Å²) < 4.78 is 7.27. The van der Waals surface area contributed by atoms with Gasteiger partial charge in [0.05, 0.1) is 12.3 Å². The number of ether oxygens (including phenoxy) is 1. The highest BCUT2D eigenvalue weighted by Crippen LogP contribution is 2.14. The Morgan fingerprint density at radius 3 is 2.79 bits per heavy atom. The Balaban J connectivity index is 2.50. The smallest absolute Gasteiger partial charge is 0.362 e. The highest BCUT2D eigenvalue weighted by atomic mass is 127. The van der Waals surface area contributed by atoms with Crippen molar-refractivity contribution in [2.75, 3.05) is 6.61 Å². The standard InChI is InChI=1S/C13H11IN2O3/c1-2-19-13(18)12-11(17)7-8-16(15-12)10-6-4-3-5-9(10)14/h3-8H,2H2,1H3. The number of nitrogens with zero attached hydrogens (tertiary/aromatic N) is 2. The van der Waals surface area contributed by atoms with Gasteiger partial charge in [-0.1, -0.05) is 12.1 Å². The molecule has 0 bridgehead atoms. The van der Waals surface area contributed by atoms with Crippen LogP contribution < -0.4 is 5.43 Å². The second-order valence-electron chi connectivity index (χ2n) is 3.65. The molecule has 19 heavy (non-hydrogen) atoms. The number of aromatic nitrogens is 2. The molecule has 0 aliphatic heterocycles. The number of hydrogen-bond donors (Lipinski definition) is 0. The number of para-hydroxylation sites is 1. The first-order chi connectivity index (χ1) is 9.13. The molecule has 1 aromatic carbocycles. The van der Waals surface area contributed by atoms with Crippen molar-refractivity contribution >= 4 is 28.6 Å². The maximum atomic E-state index is 11.6. The molecular formula is C13H11IN2O3. The van der Waals surface area contributed by atoms with E-state index in [0.29, 0.717) is 0 Å². The van der Waals surface area contributed by atoms with E-state index >= 15 is 0 Å². The molecule has 5 nitrogen and oxygen atoms in total. The number of halogens is 1. The summed E-state index contributed by atoms with van der Waals surface area (Å²) in [6, 6.07) is 8.84. The minimum absolute atomic E-state index is 0.205. The first-order valence-corrected chi connectivity index (χ1v) is 6.73. The second kappa shape index (κ2) is 5.96. The highest BCUT2D eigenvalue weighted by Gasteiger charge is 2.14. The monoisotopic (exact) mass is 370 g/mol. The van der Waals surface area contributed by atoms with Crippen LogP contribution in [0.25, 0.3) is 5.69 Å². The first-order valence-electron chi connectivity index (χ1n) is 5.65. The van der Waals surface area contributed by atoms with Gasteiger partial charge in [-0.3, -0.25) is 4.79 Å². The van der Waals surface area contributed by atoms with Gasteiger partial charge in [0.15, 0.2) is 0 Å². The van der Waals surface area contributed by atoms with Crippen molar-refractivity contribution in [1.29, 1.82) is 0 Å². The summed E-state index contributed by atoms with van der Waals surface area (Å²) in [5.74, 6) is -0.701. The topological polar surface area (TPSA) is 61.2 Å². The Bertz CT molecular complexity index is 667. The largest absolute Gasteiger partial charge is 0.461 e. The maximum absolute atomic E-state index is 11.6. The van der Waals surface area contributed by atoms with Crippen LogP contribution >= 0.6 is 22.6 Å². The van der Waals surface area contributed by atoms with Crippen molar-refractivity contribution in [3.63, 3.8) is 0 Å². The van der Waals surface area contributed by atoms with Gasteiger partial charge >= 0.3 is 5.97 Å². The van der Waals surface area contributed by atoms with E-state index in [2.05, 4.69) is 27.7 Å². The van der Waals surface area contributed by atoms with E-state index in [0.717, 1.165) is 9.26 Å². The third-order valence-electron chi connectivity index (χ3n) is 2.38. The molecule has 0 amide bonds. The average Bonchev–Trinajstić information content (AvgIpc) is 2.40. The molecule has 0 N–H and O–H groups in total. The van der Waals surface area contributed by atoms with E-state index in [-0.39, 0.29) is 12.3 Å². The van der Waals surface area contributed by atoms with Crippen molar-refractivity contribution in [1.82, 2.24) is 9.78 Å². The van der Waals surface area contributed by atoms with E-state index in [1.165, 1.54) is 16.9 Å². The number of hydrogen-bond acceptors (Lipinski definition) is 4. The van der Waals surface area contributed by atoms with Gasteiger partial charge in [0.1, 0.15) is 0 Å². The summed E-state index contributed by atoms with van der Waals surface area (Å²) in [6.45, 7) is 1.89. The van der Waals surface area contributed by atoms with Gasteiger partial charge in [-0.15, -0.1) is 0 Å².